The molecule has 188 valence electrons. The van der Waals surface area contributed by atoms with E-state index in [4.69, 9.17) is 4.74 Å². The number of esters is 1. The van der Waals surface area contributed by atoms with Gasteiger partial charge < -0.3 is 20.3 Å². The number of piperidine rings is 1. The molecule has 4 rings (SSSR count). The van der Waals surface area contributed by atoms with Crippen LogP contribution in [0, 0.1) is 12.8 Å². The van der Waals surface area contributed by atoms with Crippen molar-refractivity contribution in [2.75, 3.05) is 36.9 Å². The Balaban J connectivity index is 1.26. The number of aryl methyl sites for hydroxylation is 2. The molecule has 1 aliphatic heterocycles. The lowest BCUT2D eigenvalue weighted by Crippen LogP contribution is -2.43. The highest BCUT2D eigenvalue weighted by atomic mass is 32.1. The summed E-state index contributed by atoms with van der Waals surface area (Å²) in [4.78, 5) is 40.9. The first-order chi connectivity index (χ1) is 17.0. The fourth-order valence-electron chi connectivity index (χ4n) is 4.71. The van der Waals surface area contributed by atoms with Gasteiger partial charge in [-0.3, -0.25) is 5.32 Å². The Bertz CT molecular complexity index is 1080. The molecule has 1 saturated heterocycles. The number of thiophene rings is 1. The van der Waals surface area contributed by atoms with Crippen LogP contribution in [0.3, 0.4) is 0 Å². The largest absolute Gasteiger partial charge is 0.462 e. The smallest absolute Gasteiger partial charge is 0.341 e. The molecule has 35 heavy (non-hydrogen) atoms. The summed E-state index contributed by atoms with van der Waals surface area (Å²) in [6.07, 6.45) is 5.57. The van der Waals surface area contributed by atoms with Crippen molar-refractivity contribution in [1.29, 1.82) is 0 Å². The molecule has 4 amide bonds. The van der Waals surface area contributed by atoms with Crippen LogP contribution in [0.15, 0.2) is 24.3 Å². The number of ether oxygens (including phenoxy) is 1. The highest BCUT2D eigenvalue weighted by molar-refractivity contribution is 7.17. The monoisotopic (exact) mass is 498 g/mol. The van der Waals surface area contributed by atoms with Crippen LogP contribution in [0.5, 0.6) is 0 Å². The van der Waals surface area contributed by atoms with E-state index < -0.39 is 0 Å². The molecule has 2 heterocycles. The zero-order chi connectivity index (χ0) is 24.8. The number of hydrogen-bond acceptors (Lipinski definition) is 5. The summed E-state index contributed by atoms with van der Waals surface area (Å²) in [6.45, 7) is 5.89. The fraction of sp³-hybridized carbons (Fsp3) is 0.500. The predicted octanol–water partition coefficient (Wildman–Crippen LogP) is 5.18. The minimum Gasteiger partial charge on any atom is -0.462 e. The molecule has 1 aromatic carbocycles. The summed E-state index contributed by atoms with van der Waals surface area (Å²) in [5.41, 5.74) is 3.42. The lowest BCUT2D eigenvalue weighted by molar-refractivity contribution is 0.0526. The molecule has 1 aromatic heterocycles. The van der Waals surface area contributed by atoms with E-state index >= 15 is 0 Å². The van der Waals surface area contributed by atoms with E-state index in [1.807, 2.05) is 36.1 Å². The van der Waals surface area contributed by atoms with Crippen molar-refractivity contribution >= 4 is 40.1 Å². The van der Waals surface area contributed by atoms with Gasteiger partial charge in [-0.2, -0.15) is 0 Å². The van der Waals surface area contributed by atoms with E-state index in [2.05, 4.69) is 16.0 Å². The predicted molar refractivity (Wildman–Crippen MR) is 138 cm³/mol. The van der Waals surface area contributed by atoms with Gasteiger partial charge in [0.1, 0.15) is 5.00 Å². The molecule has 0 atom stereocenters. The van der Waals surface area contributed by atoms with Crippen molar-refractivity contribution in [3.8, 4) is 0 Å². The third-order valence-electron chi connectivity index (χ3n) is 6.72. The van der Waals surface area contributed by atoms with Crippen LogP contribution in [-0.2, 0) is 17.6 Å². The second kappa shape index (κ2) is 11.6. The standard InChI is InChI=1S/C26H34N4O4S/c1-3-34-24(31)22-19-9-5-7-11-21(19)35-23(22)29-25(32)27-16-18-12-14-30(15-13-18)26(33)28-20-10-6-4-8-17(20)2/h4,6,8,10,18H,3,5,7,9,11-16H2,1-2H3,(H,28,33)(H2,27,29,32). The van der Waals surface area contributed by atoms with E-state index in [9.17, 15) is 14.4 Å². The average molecular weight is 499 g/mol. The molecule has 0 radical (unpaired) electrons. The second-order valence-electron chi connectivity index (χ2n) is 9.15. The van der Waals surface area contributed by atoms with Gasteiger partial charge in [0.25, 0.3) is 0 Å². The molecule has 0 bridgehead atoms. The minimum absolute atomic E-state index is 0.0865. The Kier molecular flexibility index (Phi) is 8.28. The molecule has 0 spiro atoms. The normalized spacial score (nSPS) is 15.8. The van der Waals surface area contributed by atoms with Crippen LogP contribution in [0.2, 0.25) is 0 Å². The number of para-hydroxylation sites is 1. The average Bonchev–Trinajstić information content (AvgIpc) is 3.22. The number of nitrogens with one attached hydrogen (secondary N) is 3. The zero-order valence-electron chi connectivity index (χ0n) is 20.4. The van der Waals surface area contributed by atoms with Crippen LogP contribution in [0.25, 0.3) is 0 Å². The lowest BCUT2D eigenvalue weighted by atomic mass is 9.95. The maximum absolute atomic E-state index is 12.7. The molecular formula is C26H34N4O4S. The van der Waals surface area contributed by atoms with Crippen LogP contribution in [0.1, 0.15) is 59.0 Å². The SMILES string of the molecule is CCOC(=O)c1c(NC(=O)NCC2CCN(C(=O)Nc3ccccc3C)CC2)sc2c1CCCC2. The molecule has 0 saturated carbocycles. The summed E-state index contributed by atoms with van der Waals surface area (Å²) in [6, 6.07) is 7.33. The van der Waals surface area contributed by atoms with Gasteiger partial charge in [-0.1, -0.05) is 18.2 Å². The highest BCUT2D eigenvalue weighted by Gasteiger charge is 2.28. The third-order valence-corrected chi connectivity index (χ3v) is 7.92. The molecular weight excluding hydrogens is 464 g/mol. The molecule has 0 unspecified atom stereocenters. The third kappa shape index (κ3) is 6.14. The number of benzene rings is 1. The molecule has 3 N–H and O–H groups in total. The Labute approximate surface area is 210 Å². The first-order valence-electron chi connectivity index (χ1n) is 12.4. The van der Waals surface area contributed by atoms with Crippen molar-refractivity contribution in [2.45, 2.75) is 52.4 Å². The summed E-state index contributed by atoms with van der Waals surface area (Å²) in [7, 11) is 0. The van der Waals surface area contributed by atoms with E-state index in [0.717, 1.165) is 55.3 Å². The van der Waals surface area contributed by atoms with Gasteiger partial charge in [0.15, 0.2) is 0 Å². The maximum Gasteiger partial charge on any atom is 0.341 e. The molecule has 1 aliphatic carbocycles. The number of anilines is 2. The fourth-order valence-corrected chi connectivity index (χ4v) is 5.98. The van der Waals surface area contributed by atoms with Gasteiger partial charge in [0.05, 0.1) is 12.2 Å². The van der Waals surface area contributed by atoms with Crippen molar-refractivity contribution in [2.24, 2.45) is 5.92 Å². The van der Waals surface area contributed by atoms with Gasteiger partial charge >= 0.3 is 18.0 Å². The number of urea groups is 2. The van der Waals surface area contributed by atoms with Crippen LogP contribution in [-0.4, -0.2) is 49.2 Å². The van der Waals surface area contributed by atoms with Gasteiger partial charge in [-0.15, -0.1) is 11.3 Å². The van der Waals surface area contributed by atoms with Crippen molar-refractivity contribution in [3.63, 3.8) is 0 Å². The first kappa shape index (κ1) is 25.0. The Morgan fingerprint density at radius 3 is 2.57 bits per heavy atom. The number of rotatable bonds is 6. The van der Waals surface area contributed by atoms with E-state index in [1.54, 1.807) is 6.92 Å². The van der Waals surface area contributed by atoms with E-state index in [-0.39, 0.29) is 18.0 Å². The van der Waals surface area contributed by atoms with Crippen LogP contribution >= 0.6 is 11.3 Å². The first-order valence-corrected chi connectivity index (χ1v) is 13.3. The Hall–Kier alpha value is -3.07. The van der Waals surface area contributed by atoms with E-state index in [1.165, 1.54) is 16.2 Å². The summed E-state index contributed by atoms with van der Waals surface area (Å²) >= 11 is 1.49. The van der Waals surface area contributed by atoms with Gasteiger partial charge in [0, 0.05) is 30.2 Å². The summed E-state index contributed by atoms with van der Waals surface area (Å²) < 4.78 is 5.26. The van der Waals surface area contributed by atoms with Crippen molar-refractivity contribution < 1.29 is 19.1 Å². The van der Waals surface area contributed by atoms with Gasteiger partial charge in [-0.05, 0) is 75.5 Å². The number of fused-ring (bicyclic) bond motifs is 1. The number of carbonyl (C=O) groups excluding carboxylic acids is 3. The molecule has 8 nitrogen and oxygen atoms in total. The van der Waals surface area contributed by atoms with Gasteiger partial charge in [0.2, 0.25) is 0 Å². The number of amides is 4. The van der Waals surface area contributed by atoms with Gasteiger partial charge in [-0.25, -0.2) is 14.4 Å². The summed E-state index contributed by atoms with van der Waals surface area (Å²) in [5.74, 6) is -0.0668. The number of nitrogens with zero attached hydrogens (tertiary/aromatic N) is 1. The van der Waals surface area contributed by atoms with Crippen molar-refractivity contribution in [3.05, 3.63) is 45.8 Å². The van der Waals surface area contributed by atoms with Crippen molar-refractivity contribution in [1.82, 2.24) is 10.2 Å². The number of likely N-dealkylation sites (tertiary alicyclic amines) is 1. The molecule has 2 aliphatic rings. The van der Waals surface area contributed by atoms with Crippen LogP contribution < -0.4 is 16.0 Å². The number of carbonyl (C=O) groups is 3. The Morgan fingerprint density at radius 1 is 1.09 bits per heavy atom. The minimum atomic E-state index is -0.362. The lowest BCUT2D eigenvalue weighted by Gasteiger charge is -2.32. The topological polar surface area (TPSA) is 99.8 Å². The maximum atomic E-state index is 12.7. The van der Waals surface area contributed by atoms with E-state index in [0.29, 0.717) is 42.7 Å². The quantitative estimate of drug-likeness (QED) is 0.478. The molecule has 2 aromatic rings. The molecule has 9 heteroatoms. The number of hydrogen-bond donors (Lipinski definition) is 3. The summed E-state index contributed by atoms with van der Waals surface area (Å²) in [5, 5.41) is 9.42. The molecule has 1 fully saturated rings. The van der Waals surface area contributed by atoms with Crippen LogP contribution in [0.4, 0.5) is 20.3 Å². The zero-order valence-corrected chi connectivity index (χ0v) is 21.3. The Morgan fingerprint density at radius 2 is 1.83 bits per heavy atom. The highest BCUT2D eigenvalue weighted by Crippen LogP contribution is 2.38. The second-order valence-corrected chi connectivity index (χ2v) is 10.3.